The fourth-order valence-corrected chi connectivity index (χ4v) is 7.49. The molecule has 0 saturated carbocycles. The average molecular weight is 777 g/mol. The number of ether oxygens (including phenoxy) is 2. The molecule has 2 fully saturated rings. The first-order valence-electron chi connectivity index (χ1n) is 18.3. The Morgan fingerprint density at radius 2 is 1.16 bits per heavy atom. The van der Waals surface area contributed by atoms with Crippen LogP contribution in [0.2, 0.25) is 0 Å². The Kier molecular flexibility index (Phi) is 11.8. The topological polar surface area (TPSA) is 109 Å². The minimum absolute atomic E-state index is 0.149. The van der Waals surface area contributed by atoms with E-state index in [1.807, 2.05) is 0 Å². The smallest absolute Gasteiger partial charge is 0.234 e. The molecule has 288 valence electrons. The molecule has 3 N–H and O–H groups in total. The highest BCUT2D eigenvalue weighted by atomic mass is 35.5. The Morgan fingerprint density at radius 3 is 1.58 bits per heavy atom. The van der Waals surface area contributed by atoms with E-state index < -0.39 is 17.8 Å². The molecule has 0 bridgehead atoms. The highest BCUT2D eigenvalue weighted by Crippen LogP contribution is 2.35. The molecule has 2 aromatic heterocycles. The Labute approximate surface area is 320 Å². The third-order valence-electron chi connectivity index (χ3n) is 10.2. The molecular formula is C41H41ClF4N6O3. The summed E-state index contributed by atoms with van der Waals surface area (Å²) in [5, 5.41) is 3.08. The fourth-order valence-electron chi connectivity index (χ4n) is 7.30. The lowest BCUT2D eigenvalue weighted by Crippen LogP contribution is -2.39. The monoisotopic (exact) mass is 776 g/mol. The summed E-state index contributed by atoms with van der Waals surface area (Å²) in [6.45, 7) is 4.68. The standard InChI is InChI=1S/C22H24F2N4O2.C19H17ClF2N2O/c1-13(22(25)29)26-12-21-27-19-11-18(24)17(14-2-4-15(23)5-3-14)10-20(19)28(21)16-6-8-30-9-7-16;20-11-19-23-17-10-16(22)15(12-1-3-13(21)4-2-12)9-18(17)24(19)14-5-7-25-8-6-14/h2-5,10-11,13,16,26H,6-9,12H2,1H3,(H2,25,29);1-4,9-10,14H,5-8,11H2/t13-;/m0./s1. The summed E-state index contributed by atoms with van der Waals surface area (Å²) in [7, 11) is 0. The number of carbonyl (C=O) groups is 1. The maximum absolute atomic E-state index is 14.9. The molecule has 1 atom stereocenters. The molecule has 0 spiro atoms. The highest BCUT2D eigenvalue weighted by Gasteiger charge is 2.25. The number of benzene rings is 4. The summed E-state index contributed by atoms with van der Waals surface area (Å²) in [4.78, 5) is 20.5. The first-order valence-corrected chi connectivity index (χ1v) is 18.8. The quantitative estimate of drug-likeness (QED) is 0.113. The summed E-state index contributed by atoms with van der Waals surface area (Å²) in [5.74, 6) is -0.258. The molecule has 6 aromatic rings. The molecular weight excluding hydrogens is 736 g/mol. The number of amides is 1. The van der Waals surface area contributed by atoms with Crippen LogP contribution in [0.4, 0.5) is 17.6 Å². The number of hydrogen-bond acceptors (Lipinski definition) is 6. The number of nitrogens with two attached hydrogens (primary N) is 1. The number of hydrogen-bond donors (Lipinski definition) is 2. The van der Waals surface area contributed by atoms with Crippen LogP contribution in [-0.2, 0) is 26.7 Å². The highest BCUT2D eigenvalue weighted by molar-refractivity contribution is 6.16. The van der Waals surface area contributed by atoms with Crippen LogP contribution in [0, 0.1) is 23.3 Å². The molecule has 8 rings (SSSR count). The van der Waals surface area contributed by atoms with E-state index >= 15 is 0 Å². The summed E-state index contributed by atoms with van der Waals surface area (Å²) < 4.78 is 71.1. The second-order valence-corrected chi connectivity index (χ2v) is 14.0. The van der Waals surface area contributed by atoms with Crippen LogP contribution in [0.25, 0.3) is 44.3 Å². The number of primary amides is 1. The van der Waals surface area contributed by atoms with Crippen LogP contribution in [0.1, 0.15) is 56.3 Å². The van der Waals surface area contributed by atoms with Crippen molar-refractivity contribution in [2.75, 3.05) is 26.4 Å². The van der Waals surface area contributed by atoms with Crippen molar-refractivity contribution in [3.8, 4) is 22.3 Å². The lowest BCUT2D eigenvalue weighted by atomic mass is 10.0. The SMILES string of the molecule is C[C@H](NCc1nc2cc(F)c(-c3ccc(F)cc3)cc2n1C1CCOCC1)C(N)=O.Fc1ccc(-c2cc3c(cc2F)nc(CCl)n3C2CCOCC2)cc1. The van der Waals surface area contributed by atoms with Gasteiger partial charge < -0.3 is 24.3 Å². The maximum atomic E-state index is 14.9. The van der Waals surface area contributed by atoms with Crippen molar-refractivity contribution in [2.24, 2.45) is 5.73 Å². The van der Waals surface area contributed by atoms with Gasteiger partial charge in [-0.3, -0.25) is 10.1 Å². The molecule has 2 aliphatic rings. The summed E-state index contributed by atoms with van der Waals surface area (Å²) in [6.07, 6.45) is 3.37. The van der Waals surface area contributed by atoms with Gasteiger partial charge in [-0.25, -0.2) is 27.5 Å². The van der Waals surface area contributed by atoms with Gasteiger partial charge in [-0.05, 0) is 80.1 Å². The number of halogens is 5. The molecule has 0 aliphatic carbocycles. The van der Waals surface area contributed by atoms with Crippen molar-refractivity contribution < 1.29 is 31.8 Å². The number of nitrogens with one attached hydrogen (secondary N) is 1. The molecule has 2 aliphatic heterocycles. The fraction of sp³-hybridized carbons (Fsp3) is 0.341. The van der Waals surface area contributed by atoms with Crippen molar-refractivity contribution in [1.29, 1.82) is 0 Å². The van der Waals surface area contributed by atoms with Crippen molar-refractivity contribution in [1.82, 2.24) is 24.4 Å². The minimum atomic E-state index is -0.514. The van der Waals surface area contributed by atoms with E-state index in [0.29, 0.717) is 72.1 Å². The predicted octanol–water partition coefficient (Wildman–Crippen LogP) is 8.37. The molecule has 4 aromatic carbocycles. The van der Waals surface area contributed by atoms with Gasteiger partial charge in [-0.1, -0.05) is 24.3 Å². The van der Waals surface area contributed by atoms with Crippen molar-refractivity contribution in [3.63, 3.8) is 0 Å². The molecule has 0 unspecified atom stereocenters. The normalized spacial score (nSPS) is 16.0. The van der Waals surface area contributed by atoms with Gasteiger partial charge in [0, 0.05) is 61.8 Å². The van der Waals surface area contributed by atoms with Crippen LogP contribution in [-0.4, -0.2) is 57.5 Å². The summed E-state index contributed by atoms with van der Waals surface area (Å²) in [6, 6.07) is 17.8. The summed E-state index contributed by atoms with van der Waals surface area (Å²) in [5.41, 5.74) is 10.2. The first-order chi connectivity index (χ1) is 26.6. The van der Waals surface area contributed by atoms with Gasteiger partial charge in [0.05, 0.1) is 40.5 Å². The van der Waals surface area contributed by atoms with Gasteiger partial charge in [0.15, 0.2) is 0 Å². The van der Waals surface area contributed by atoms with Crippen LogP contribution in [0.3, 0.4) is 0 Å². The Morgan fingerprint density at radius 1 is 0.745 bits per heavy atom. The van der Waals surface area contributed by atoms with E-state index in [1.165, 1.54) is 36.4 Å². The third kappa shape index (κ3) is 8.40. The predicted molar refractivity (Wildman–Crippen MR) is 203 cm³/mol. The van der Waals surface area contributed by atoms with Crippen LogP contribution in [0.5, 0.6) is 0 Å². The largest absolute Gasteiger partial charge is 0.381 e. The van der Waals surface area contributed by atoms with E-state index in [1.54, 1.807) is 43.3 Å². The number of nitrogens with zero attached hydrogens (tertiary/aromatic N) is 4. The zero-order valence-electron chi connectivity index (χ0n) is 30.2. The first kappa shape index (κ1) is 38.5. The lowest BCUT2D eigenvalue weighted by Gasteiger charge is -2.26. The molecule has 0 radical (unpaired) electrons. The summed E-state index contributed by atoms with van der Waals surface area (Å²) >= 11 is 6.09. The maximum Gasteiger partial charge on any atom is 0.234 e. The van der Waals surface area contributed by atoms with E-state index in [2.05, 4.69) is 24.4 Å². The molecule has 1 amide bonds. The lowest BCUT2D eigenvalue weighted by molar-refractivity contribution is -0.119. The van der Waals surface area contributed by atoms with Gasteiger partial charge in [-0.15, -0.1) is 11.6 Å². The Bertz CT molecular complexity index is 2280. The Hall–Kier alpha value is -4.82. The number of rotatable bonds is 9. The molecule has 2 saturated heterocycles. The van der Waals surface area contributed by atoms with E-state index in [-0.39, 0.29) is 35.4 Å². The van der Waals surface area contributed by atoms with E-state index in [0.717, 1.165) is 42.5 Å². The second kappa shape index (κ2) is 16.9. The molecule has 4 heterocycles. The third-order valence-corrected chi connectivity index (χ3v) is 10.5. The van der Waals surface area contributed by atoms with Gasteiger partial charge in [0.2, 0.25) is 5.91 Å². The number of alkyl halides is 1. The molecule has 55 heavy (non-hydrogen) atoms. The van der Waals surface area contributed by atoms with Crippen LogP contribution in [0.15, 0.2) is 72.8 Å². The van der Waals surface area contributed by atoms with Crippen molar-refractivity contribution >= 4 is 39.6 Å². The molecule has 14 heteroatoms. The second-order valence-electron chi connectivity index (χ2n) is 13.8. The zero-order chi connectivity index (χ0) is 38.6. The number of imidazole rings is 2. The number of carbonyl (C=O) groups excluding carboxylic acids is 1. The zero-order valence-corrected chi connectivity index (χ0v) is 31.0. The van der Waals surface area contributed by atoms with E-state index in [4.69, 9.17) is 26.8 Å². The van der Waals surface area contributed by atoms with E-state index in [9.17, 15) is 22.4 Å². The number of fused-ring (bicyclic) bond motifs is 2. The van der Waals surface area contributed by atoms with Crippen LogP contribution < -0.4 is 11.1 Å². The van der Waals surface area contributed by atoms with Gasteiger partial charge in [0.1, 0.15) is 34.9 Å². The van der Waals surface area contributed by atoms with Crippen LogP contribution >= 0.6 is 11.6 Å². The van der Waals surface area contributed by atoms with Crippen molar-refractivity contribution in [2.45, 2.75) is 63.2 Å². The number of aromatic nitrogens is 4. The average Bonchev–Trinajstić information content (AvgIpc) is 3.74. The van der Waals surface area contributed by atoms with Gasteiger partial charge >= 0.3 is 0 Å². The van der Waals surface area contributed by atoms with Crippen molar-refractivity contribution in [3.05, 3.63) is 108 Å². The molecule has 9 nitrogen and oxygen atoms in total. The van der Waals surface area contributed by atoms with Gasteiger partial charge in [-0.2, -0.15) is 0 Å². The minimum Gasteiger partial charge on any atom is -0.381 e. The Balaban J connectivity index is 0.000000172. The van der Waals surface area contributed by atoms with Gasteiger partial charge in [0.25, 0.3) is 0 Å².